The lowest BCUT2D eigenvalue weighted by atomic mass is 10.1. The summed E-state index contributed by atoms with van der Waals surface area (Å²) in [6.45, 7) is 7.62. The summed E-state index contributed by atoms with van der Waals surface area (Å²) in [6, 6.07) is 3.77. The lowest BCUT2D eigenvalue weighted by Gasteiger charge is -2.23. The number of hydrogen-bond acceptors (Lipinski definition) is 4. The average Bonchev–Trinajstić information content (AvgIpc) is 2.46. The zero-order valence-corrected chi connectivity index (χ0v) is 14.1. The summed E-state index contributed by atoms with van der Waals surface area (Å²) in [5.74, 6) is 1.06. The van der Waals surface area contributed by atoms with Gasteiger partial charge in [-0.2, -0.15) is 0 Å². The van der Waals surface area contributed by atoms with E-state index >= 15 is 0 Å². The standard InChI is InChI=1S/C16H26ClNO3/c1-5-7-18-10-12-8-13(17)15(14(9-12)20-4)21-11-16(3,19)6-2/h8-9,18-19H,5-7,10-11H2,1-4H3. The Morgan fingerprint density at radius 3 is 2.62 bits per heavy atom. The van der Waals surface area contributed by atoms with Gasteiger partial charge in [-0.1, -0.05) is 25.4 Å². The van der Waals surface area contributed by atoms with Crippen LogP contribution in [-0.2, 0) is 6.54 Å². The summed E-state index contributed by atoms with van der Waals surface area (Å²) in [5, 5.41) is 13.8. The van der Waals surface area contributed by atoms with E-state index in [1.807, 2.05) is 19.1 Å². The summed E-state index contributed by atoms with van der Waals surface area (Å²) in [5.41, 5.74) is 0.162. The van der Waals surface area contributed by atoms with Gasteiger partial charge in [0.1, 0.15) is 6.61 Å². The molecular weight excluding hydrogens is 290 g/mol. The number of benzene rings is 1. The van der Waals surface area contributed by atoms with E-state index in [0.29, 0.717) is 22.9 Å². The lowest BCUT2D eigenvalue weighted by molar-refractivity contribution is 0.00779. The molecule has 4 nitrogen and oxygen atoms in total. The molecule has 0 amide bonds. The molecule has 120 valence electrons. The van der Waals surface area contributed by atoms with Crippen LogP contribution in [0.5, 0.6) is 11.5 Å². The number of halogens is 1. The van der Waals surface area contributed by atoms with Gasteiger partial charge in [0.25, 0.3) is 0 Å². The summed E-state index contributed by atoms with van der Waals surface area (Å²) >= 11 is 6.28. The van der Waals surface area contributed by atoms with Gasteiger partial charge in [0.2, 0.25) is 0 Å². The summed E-state index contributed by atoms with van der Waals surface area (Å²) < 4.78 is 11.0. The number of ether oxygens (including phenoxy) is 2. The van der Waals surface area contributed by atoms with E-state index in [2.05, 4.69) is 12.2 Å². The van der Waals surface area contributed by atoms with Crippen LogP contribution in [0.3, 0.4) is 0 Å². The van der Waals surface area contributed by atoms with Gasteiger partial charge in [0.05, 0.1) is 17.7 Å². The van der Waals surface area contributed by atoms with E-state index in [1.165, 1.54) is 0 Å². The number of methoxy groups -OCH3 is 1. The van der Waals surface area contributed by atoms with E-state index in [-0.39, 0.29) is 6.61 Å². The largest absolute Gasteiger partial charge is 0.493 e. The second-order valence-electron chi connectivity index (χ2n) is 5.42. The maximum absolute atomic E-state index is 10.0. The van der Waals surface area contributed by atoms with Gasteiger partial charge in [-0.25, -0.2) is 0 Å². The number of hydrogen-bond donors (Lipinski definition) is 2. The quantitative estimate of drug-likeness (QED) is 0.686. The molecule has 2 N–H and O–H groups in total. The van der Waals surface area contributed by atoms with Crippen molar-refractivity contribution in [2.75, 3.05) is 20.3 Å². The van der Waals surface area contributed by atoms with Gasteiger partial charge in [-0.05, 0) is 44.0 Å². The van der Waals surface area contributed by atoms with Crippen molar-refractivity contribution >= 4 is 11.6 Å². The van der Waals surface area contributed by atoms with Crippen LogP contribution in [0.25, 0.3) is 0 Å². The van der Waals surface area contributed by atoms with Gasteiger partial charge in [-0.3, -0.25) is 0 Å². The van der Waals surface area contributed by atoms with E-state index < -0.39 is 5.60 Å². The Balaban J connectivity index is 2.84. The van der Waals surface area contributed by atoms with Crippen molar-refractivity contribution in [3.8, 4) is 11.5 Å². The van der Waals surface area contributed by atoms with Crippen molar-refractivity contribution in [2.45, 2.75) is 45.8 Å². The molecule has 0 saturated heterocycles. The molecule has 1 aromatic rings. The van der Waals surface area contributed by atoms with Crippen molar-refractivity contribution in [3.63, 3.8) is 0 Å². The van der Waals surface area contributed by atoms with Crippen molar-refractivity contribution < 1.29 is 14.6 Å². The SMILES string of the molecule is CCCNCc1cc(Cl)c(OCC(C)(O)CC)c(OC)c1. The maximum Gasteiger partial charge on any atom is 0.179 e. The Bertz CT molecular complexity index is 449. The molecule has 0 aliphatic rings. The molecule has 0 radical (unpaired) electrons. The molecule has 1 rings (SSSR count). The normalized spacial score (nSPS) is 13.8. The van der Waals surface area contributed by atoms with Crippen LogP contribution < -0.4 is 14.8 Å². The minimum atomic E-state index is -0.879. The fraction of sp³-hybridized carbons (Fsp3) is 0.625. The van der Waals surface area contributed by atoms with Crippen molar-refractivity contribution in [1.82, 2.24) is 5.32 Å². The van der Waals surface area contributed by atoms with Gasteiger partial charge in [0.15, 0.2) is 11.5 Å². The highest BCUT2D eigenvalue weighted by molar-refractivity contribution is 6.32. The van der Waals surface area contributed by atoms with E-state index in [4.69, 9.17) is 21.1 Å². The molecule has 0 aliphatic heterocycles. The van der Waals surface area contributed by atoms with Crippen LogP contribution >= 0.6 is 11.6 Å². The van der Waals surface area contributed by atoms with Crippen LogP contribution in [0.1, 0.15) is 39.2 Å². The third kappa shape index (κ3) is 5.73. The predicted molar refractivity (Wildman–Crippen MR) is 86.4 cm³/mol. The Kier molecular flexibility index (Phi) is 7.29. The number of aliphatic hydroxyl groups is 1. The topological polar surface area (TPSA) is 50.7 Å². The van der Waals surface area contributed by atoms with E-state index in [0.717, 1.165) is 25.1 Å². The molecule has 0 aliphatic carbocycles. The maximum atomic E-state index is 10.0. The Labute approximate surface area is 132 Å². The van der Waals surface area contributed by atoms with Crippen molar-refractivity contribution in [1.29, 1.82) is 0 Å². The van der Waals surface area contributed by atoms with Gasteiger partial charge < -0.3 is 19.9 Å². The first kappa shape index (κ1) is 18.1. The molecule has 0 saturated carbocycles. The summed E-state index contributed by atoms with van der Waals surface area (Å²) in [6.07, 6.45) is 1.68. The van der Waals surface area contributed by atoms with Gasteiger partial charge in [-0.15, -0.1) is 0 Å². The molecule has 0 spiro atoms. The third-order valence-electron chi connectivity index (χ3n) is 3.33. The highest BCUT2D eigenvalue weighted by Gasteiger charge is 2.21. The van der Waals surface area contributed by atoms with Crippen LogP contribution in [0.4, 0.5) is 0 Å². The van der Waals surface area contributed by atoms with Crippen LogP contribution in [0, 0.1) is 0 Å². The van der Waals surface area contributed by atoms with Crippen LogP contribution in [-0.4, -0.2) is 31.0 Å². The van der Waals surface area contributed by atoms with Gasteiger partial charge >= 0.3 is 0 Å². The van der Waals surface area contributed by atoms with Crippen LogP contribution in [0.2, 0.25) is 5.02 Å². The Hall–Kier alpha value is -0.970. The fourth-order valence-electron chi connectivity index (χ4n) is 1.75. The van der Waals surface area contributed by atoms with Gasteiger partial charge in [0, 0.05) is 6.54 Å². The second-order valence-corrected chi connectivity index (χ2v) is 5.83. The average molecular weight is 316 g/mol. The molecule has 0 heterocycles. The Morgan fingerprint density at radius 2 is 2.05 bits per heavy atom. The molecule has 0 fully saturated rings. The highest BCUT2D eigenvalue weighted by atomic mass is 35.5. The zero-order valence-electron chi connectivity index (χ0n) is 13.3. The first-order valence-electron chi connectivity index (χ1n) is 7.35. The molecular formula is C16H26ClNO3. The molecule has 5 heteroatoms. The first-order chi connectivity index (χ1) is 9.93. The molecule has 1 atom stereocenters. The molecule has 0 bridgehead atoms. The minimum absolute atomic E-state index is 0.174. The molecule has 21 heavy (non-hydrogen) atoms. The van der Waals surface area contributed by atoms with Crippen molar-refractivity contribution in [2.24, 2.45) is 0 Å². The molecule has 1 aromatic carbocycles. The summed E-state index contributed by atoms with van der Waals surface area (Å²) in [7, 11) is 1.58. The summed E-state index contributed by atoms with van der Waals surface area (Å²) in [4.78, 5) is 0. The molecule has 1 unspecified atom stereocenters. The molecule has 0 aromatic heterocycles. The first-order valence-corrected chi connectivity index (χ1v) is 7.73. The number of nitrogens with one attached hydrogen (secondary N) is 1. The van der Waals surface area contributed by atoms with E-state index in [9.17, 15) is 5.11 Å². The number of rotatable bonds is 9. The minimum Gasteiger partial charge on any atom is -0.493 e. The lowest BCUT2D eigenvalue weighted by Crippen LogP contribution is -2.31. The Morgan fingerprint density at radius 1 is 1.33 bits per heavy atom. The second kappa shape index (κ2) is 8.47. The predicted octanol–water partition coefficient (Wildman–Crippen LogP) is 3.39. The highest BCUT2D eigenvalue weighted by Crippen LogP contribution is 2.37. The van der Waals surface area contributed by atoms with E-state index in [1.54, 1.807) is 14.0 Å². The third-order valence-corrected chi connectivity index (χ3v) is 3.62. The smallest absolute Gasteiger partial charge is 0.179 e. The van der Waals surface area contributed by atoms with Crippen LogP contribution in [0.15, 0.2) is 12.1 Å². The zero-order chi connectivity index (χ0) is 15.9. The monoisotopic (exact) mass is 315 g/mol. The van der Waals surface area contributed by atoms with Crippen molar-refractivity contribution in [3.05, 3.63) is 22.7 Å². The fourth-order valence-corrected chi connectivity index (χ4v) is 2.04.